The van der Waals surface area contributed by atoms with Crippen LogP contribution in [0.5, 0.6) is 11.6 Å². The van der Waals surface area contributed by atoms with Gasteiger partial charge in [-0.2, -0.15) is 0 Å². The van der Waals surface area contributed by atoms with E-state index in [1.54, 1.807) is 24.5 Å². The van der Waals surface area contributed by atoms with Gasteiger partial charge in [0.05, 0.1) is 23.3 Å². The van der Waals surface area contributed by atoms with Gasteiger partial charge in [0, 0.05) is 37.1 Å². The molecule has 0 aliphatic carbocycles. The first-order valence-corrected chi connectivity index (χ1v) is 11.5. The lowest BCUT2D eigenvalue weighted by Crippen LogP contribution is -2.16. The molecule has 0 bridgehead atoms. The summed E-state index contributed by atoms with van der Waals surface area (Å²) in [5.41, 5.74) is 5.89. The lowest BCUT2D eigenvalue weighted by atomic mass is 10.1. The zero-order valence-electron chi connectivity index (χ0n) is 19.8. The minimum atomic E-state index is -0.254. The van der Waals surface area contributed by atoms with Crippen LogP contribution in [0.15, 0.2) is 93.3 Å². The van der Waals surface area contributed by atoms with Crippen molar-refractivity contribution in [3.8, 4) is 11.6 Å². The number of aromatic nitrogens is 1. The second-order valence-corrected chi connectivity index (χ2v) is 8.54. The lowest BCUT2D eigenvalue weighted by molar-refractivity contribution is 0.439. The second kappa shape index (κ2) is 10.2. The number of hydrogen-bond acceptors (Lipinski definition) is 7. The summed E-state index contributed by atoms with van der Waals surface area (Å²) >= 11 is 0. The highest BCUT2D eigenvalue weighted by molar-refractivity contribution is 5.97. The third-order valence-corrected chi connectivity index (χ3v) is 5.93. The zero-order valence-corrected chi connectivity index (χ0v) is 19.8. The fraction of sp³-hybridized carbons (Fsp3) is 0.103. The maximum Gasteiger partial charge on any atom is 0.224 e. The molecule has 1 aromatic heterocycles. The SMILES string of the molecule is CN(Cc1ccc(N=Cc2c(O)nc3ccccc3c2O)cc1)c1ccc(C=C2C=NC=NC2)cc1. The molecule has 0 saturated carbocycles. The average molecular weight is 476 g/mol. The summed E-state index contributed by atoms with van der Waals surface area (Å²) < 4.78 is 0. The predicted octanol–water partition coefficient (Wildman–Crippen LogP) is 5.53. The summed E-state index contributed by atoms with van der Waals surface area (Å²) in [5, 5.41) is 21.4. The van der Waals surface area contributed by atoms with Crippen LogP contribution in [0.2, 0.25) is 0 Å². The topological polar surface area (TPSA) is 93.7 Å². The van der Waals surface area contributed by atoms with Crippen molar-refractivity contribution in [3.63, 3.8) is 0 Å². The van der Waals surface area contributed by atoms with E-state index in [1.165, 1.54) is 6.21 Å². The first-order valence-electron chi connectivity index (χ1n) is 11.5. The van der Waals surface area contributed by atoms with E-state index >= 15 is 0 Å². The van der Waals surface area contributed by atoms with Gasteiger partial charge in [-0.3, -0.25) is 9.98 Å². The maximum absolute atomic E-state index is 10.5. The predicted molar refractivity (Wildman–Crippen MR) is 147 cm³/mol. The fourth-order valence-electron chi connectivity index (χ4n) is 3.99. The van der Waals surface area contributed by atoms with Crippen LogP contribution in [-0.2, 0) is 6.54 Å². The number of aliphatic imine (C=N–C) groups is 3. The molecule has 1 aliphatic heterocycles. The molecule has 0 amide bonds. The first kappa shape index (κ1) is 23.0. The first-order chi connectivity index (χ1) is 17.6. The van der Waals surface area contributed by atoms with Crippen molar-refractivity contribution < 1.29 is 10.2 Å². The van der Waals surface area contributed by atoms with Crippen LogP contribution in [0.25, 0.3) is 17.0 Å². The molecule has 0 fully saturated rings. The molecule has 0 spiro atoms. The van der Waals surface area contributed by atoms with Crippen LogP contribution in [0.1, 0.15) is 16.7 Å². The van der Waals surface area contributed by atoms with Gasteiger partial charge >= 0.3 is 0 Å². The van der Waals surface area contributed by atoms with Crippen molar-refractivity contribution in [1.29, 1.82) is 0 Å². The van der Waals surface area contributed by atoms with Crippen LogP contribution >= 0.6 is 0 Å². The molecule has 7 nitrogen and oxygen atoms in total. The number of anilines is 1. The molecule has 0 saturated heterocycles. The molecule has 36 heavy (non-hydrogen) atoms. The quantitative estimate of drug-likeness (QED) is 0.359. The van der Waals surface area contributed by atoms with Gasteiger partial charge in [-0.05, 0) is 59.2 Å². The Labute approximate surface area is 209 Å². The van der Waals surface area contributed by atoms with Gasteiger partial charge in [-0.15, -0.1) is 0 Å². The van der Waals surface area contributed by atoms with Crippen molar-refractivity contribution in [3.05, 3.63) is 95.1 Å². The molecule has 2 heterocycles. The molecule has 1 aliphatic rings. The number of pyridine rings is 1. The van der Waals surface area contributed by atoms with E-state index in [0.717, 1.165) is 28.9 Å². The number of fused-ring (bicyclic) bond motifs is 1. The molecule has 0 radical (unpaired) electrons. The Kier molecular flexibility index (Phi) is 6.53. The molecule has 2 N–H and O–H groups in total. The van der Waals surface area contributed by atoms with Crippen LogP contribution in [0, 0.1) is 0 Å². The minimum absolute atomic E-state index is 0.0392. The number of benzene rings is 3. The molecule has 0 unspecified atom stereocenters. The highest BCUT2D eigenvalue weighted by Gasteiger charge is 2.12. The van der Waals surface area contributed by atoms with Gasteiger partial charge < -0.3 is 15.1 Å². The largest absolute Gasteiger partial charge is 0.506 e. The second-order valence-electron chi connectivity index (χ2n) is 8.54. The fourth-order valence-corrected chi connectivity index (χ4v) is 3.99. The molecule has 5 rings (SSSR count). The molecule has 0 atom stereocenters. The summed E-state index contributed by atoms with van der Waals surface area (Å²) in [6.45, 7) is 1.40. The van der Waals surface area contributed by atoms with E-state index in [9.17, 15) is 10.2 Å². The van der Waals surface area contributed by atoms with Crippen molar-refractivity contribution in [2.75, 3.05) is 18.5 Å². The molecule has 7 heteroatoms. The van der Waals surface area contributed by atoms with E-state index in [0.29, 0.717) is 23.1 Å². The number of aromatic hydroxyl groups is 2. The van der Waals surface area contributed by atoms with Gasteiger partial charge in [0.2, 0.25) is 5.88 Å². The Morgan fingerprint density at radius 1 is 0.972 bits per heavy atom. The lowest BCUT2D eigenvalue weighted by Gasteiger charge is -2.19. The van der Waals surface area contributed by atoms with Crippen LogP contribution < -0.4 is 4.90 Å². The van der Waals surface area contributed by atoms with Crippen molar-refractivity contribution in [2.24, 2.45) is 15.0 Å². The Balaban J connectivity index is 1.25. The Morgan fingerprint density at radius 3 is 2.50 bits per heavy atom. The van der Waals surface area contributed by atoms with E-state index in [-0.39, 0.29) is 17.2 Å². The normalized spacial score (nSPS) is 14.2. The van der Waals surface area contributed by atoms with Gasteiger partial charge in [0.15, 0.2) is 0 Å². The van der Waals surface area contributed by atoms with Crippen LogP contribution in [-0.4, -0.2) is 47.6 Å². The van der Waals surface area contributed by atoms with Gasteiger partial charge in [0.1, 0.15) is 12.1 Å². The van der Waals surface area contributed by atoms with Gasteiger partial charge in [0.25, 0.3) is 0 Å². The molecule has 178 valence electrons. The summed E-state index contributed by atoms with van der Waals surface area (Å²) in [5.74, 6) is -0.293. The van der Waals surface area contributed by atoms with Crippen LogP contribution in [0.3, 0.4) is 0 Å². The summed E-state index contributed by atoms with van der Waals surface area (Å²) in [4.78, 5) is 19.0. The standard InChI is InChI=1S/C29H25N5O2/c1-34(24-12-8-20(9-13-24)14-22-15-30-19-31-16-22)18-21-6-10-23(11-7-21)32-17-26-28(35)25-4-2-3-5-27(25)33-29(26)36/h2-15,17,19H,16,18H2,1H3,(H2,33,35,36). The number of hydrogen-bond donors (Lipinski definition) is 2. The third-order valence-electron chi connectivity index (χ3n) is 5.93. The highest BCUT2D eigenvalue weighted by Crippen LogP contribution is 2.32. The molecular formula is C29H25N5O2. The van der Waals surface area contributed by atoms with E-state index in [2.05, 4.69) is 62.3 Å². The number of nitrogens with zero attached hydrogens (tertiary/aromatic N) is 5. The van der Waals surface area contributed by atoms with Crippen LogP contribution in [0.4, 0.5) is 11.4 Å². The average Bonchev–Trinajstić information content (AvgIpc) is 2.90. The van der Waals surface area contributed by atoms with E-state index < -0.39 is 0 Å². The zero-order chi connectivity index (χ0) is 24.9. The van der Waals surface area contributed by atoms with Crippen molar-refractivity contribution >= 4 is 47.1 Å². The maximum atomic E-state index is 10.5. The molecule has 4 aromatic rings. The number of para-hydroxylation sites is 1. The monoisotopic (exact) mass is 475 g/mol. The van der Waals surface area contributed by atoms with Gasteiger partial charge in [-0.25, -0.2) is 9.98 Å². The van der Waals surface area contributed by atoms with Crippen molar-refractivity contribution in [1.82, 2.24) is 4.98 Å². The molecule has 3 aromatic carbocycles. The minimum Gasteiger partial charge on any atom is -0.506 e. The van der Waals surface area contributed by atoms with Crippen molar-refractivity contribution in [2.45, 2.75) is 6.54 Å². The molecular weight excluding hydrogens is 450 g/mol. The smallest absolute Gasteiger partial charge is 0.224 e. The Hall–Kier alpha value is -4.78. The Morgan fingerprint density at radius 2 is 1.75 bits per heavy atom. The summed E-state index contributed by atoms with van der Waals surface area (Å²) in [7, 11) is 2.06. The summed E-state index contributed by atoms with van der Waals surface area (Å²) in [6.07, 6.45) is 6.95. The Bertz CT molecular complexity index is 1500. The third kappa shape index (κ3) is 5.15. The van der Waals surface area contributed by atoms with E-state index in [4.69, 9.17) is 0 Å². The number of rotatable bonds is 6. The van der Waals surface area contributed by atoms with Gasteiger partial charge in [-0.1, -0.05) is 36.4 Å². The summed E-state index contributed by atoms with van der Waals surface area (Å²) in [6, 6.07) is 23.3. The highest BCUT2D eigenvalue weighted by atomic mass is 16.3. The van der Waals surface area contributed by atoms with E-state index in [1.807, 2.05) is 36.5 Å².